The molecule has 0 spiro atoms. The van der Waals surface area contributed by atoms with Crippen molar-refractivity contribution in [3.8, 4) is 11.4 Å². The molecule has 2 aromatic heterocycles. The van der Waals surface area contributed by atoms with Crippen LogP contribution < -0.4 is 0 Å². The van der Waals surface area contributed by atoms with Crippen LogP contribution in [0.15, 0.2) is 41.2 Å². The monoisotopic (exact) mass is 295 g/mol. The molecule has 108 valence electrons. The maximum absolute atomic E-state index is 12.4. The number of aromatic nitrogens is 5. The molecule has 0 atom stereocenters. The van der Waals surface area contributed by atoms with Crippen molar-refractivity contribution in [1.82, 2.24) is 25.1 Å². The molecule has 0 unspecified atom stereocenters. The standard InChI is InChI=1S/C12H8F3N5O/c13-12(14,15)11-17-10(18-21-11)9-3-1-8(2-4-9)7-20-6-5-16-19-20/h1-6H,7H2. The highest BCUT2D eigenvalue weighted by atomic mass is 19.4. The first-order valence-corrected chi connectivity index (χ1v) is 5.87. The van der Waals surface area contributed by atoms with Crippen molar-refractivity contribution in [3.05, 3.63) is 48.1 Å². The smallest absolute Gasteiger partial charge is 0.329 e. The van der Waals surface area contributed by atoms with Gasteiger partial charge in [0, 0.05) is 11.8 Å². The number of alkyl halides is 3. The number of halogens is 3. The lowest BCUT2D eigenvalue weighted by Gasteiger charge is -2.01. The Labute approximate surface area is 116 Å². The van der Waals surface area contributed by atoms with Crippen LogP contribution in [-0.4, -0.2) is 25.1 Å². The van der Waals surface area contributed by atoms with E-state index in [-0.39, 0.29) is 5.82 Å². The summed E-state index contributed by atoms with van der Waals surface area (Å²) in [4.78, 5) is 3.33. The summed E-state index contributed by atoms with van der Waals surface area (Å²) < 4.78 is 43.0. The number of hydrogen-bond donors (Lipinski definition) is 0. The Morgan fingerprint density at radius 1 is 1.14 bits per heavy atom. The Hall–Kier alpha value is -2.71. The molecule has 3 aromatic rings. The zero-order chi connectivity index (χ0) is 14.9. The van der Waals surface area contributed by atoms with E-state index in [1.165, 1.54) is 0 Å². The molecule has 3 rings (SSSR count). The summed E-state index contributed by atoms with van der Waals surface area (Å²) in [6.07, 6.45) is -1.37. The van der Waals surface area contributed by atoms with Gasteiger partial charge in [-0.05, 0) is 5.56 Å². The number of nitrogens with zero attached hydrogens (tertiary/aromatic N) is 5. The minimum Gasteiger partial charge on any atom is -0.329 e. The molecule has 0 aliphatic rings. The Balaban J connectivity index is 1.79. The molecule has 0 radical (unpaired) electrons. The predicted octanol–water partition coefficient (Wildman–Crippen LogP) is 2.40. The van der Waals surface area contributed by atoms with Gasteiger partial charge < -0.3 is 4.52 Å². The van der Waals surface area contributed by atoms with Crippen LogP contribution in [0.2, 0.25) is 0 Å². The summed E-state index contributed by atoms with van der Waals surface area (Å²) in [6, 6.07) is 6.75. The van der Waals surface area contributed by atoms with E-state index in [1.54, 1.807) is 41.3 Å². The molecule has 0 aliphatic carbocycles. The second-order valence-corrected chi connectivity index (χ2v) is 4.22. The molecular weight excluding hydrogens is 287 g/mol. The third-order valence-electron chi connectivity index (χ3n) is 2.70. The summed E-state index contributed by atoms with van der Waals surface area (Å²) in [6.45, 7) is 0.514. The van der Waals surface area contributed by atoms with Gasteiger partial charge in [-0.1, -0.05) is 34.6 Å². The average Bonchev–Trinajstić information content (AvgIpc) is 3.09. The van der Waals surface area contributed by atoms with Gasteiger partial charge in [0.25, 0.3) is 0 Å². The highest BCUT2D eigenvalue weighted by Gasteiger charge is 2.38. The Bertz CT molecular complexity index is 718. The maximum Gasteiger partial charge on any atom is 0.471 e. The Morgan fingerprint density at radius 2 is 1.90 bits per heavy atom. The van der Waals surface area contributed by atoms with Gasteiger partial charge in [-0.25, -0.2) is 4.68 Å². The SMILES string of the molecule is FC(F)(F)c1nc(-c2ccc(Cn3ccnn3)cc2)no1. The molecule has 0 amide bonds. The average molecular weight is 295 g/mol. The van der Waals surface area contributed by atoms with Gasteiger partial charge in [-0.3, -0.25) is 0 Å². The van der Waals surface area contributed by atoms with Gasteiger partial charge in [0.15, 0.2) is 0 Å². The zero-order valence-electron chi connectivity index (χ0n) is 10.4. The molecule has 21 heavy (non-hydrogen) atoms. The van der Waals surface area contributed by atoms with E-state index in [9.17, 15) is 13.2 Å². The summed E-state index contributed by atoms with van der Waals surface area (Å²) in [5, 5.41) is 10.8. The lowest BCUT2D eigenvalue weighted by molar-refractivity contribution is -0.159. The molecule has 0 bridgehead atoms. The molecule has 0 aliphatic heterocycles. The summed E-state index contributed by atoms with van der Waals surface area (Å²) in [5.41, 5.74) is 1.36. The molecule has 1 aromatic carbocycles. The van der Waals surface area contributed by atoms with Gasteiger partial charge in [0.05, 0.1) is 12.7 Å². The molecule has 0 fully saturated rings. The number of hydrogen-bond acceptors (Lipinski definition) is 5. The highest BCUT2D eigenvalue weighted by molar-refractivity contribution is 5.54. The highest BCUT2D eigenvalue weighted by Crippen LogP contribution is 2.29. The van der Waals surface area contributed by atoms with Crippen molar-refractivity contribution in [3.63, 3.8) is 0 Å². The van der Waals surface area contributed by atoms with Gasteiger partial charge in [0.1, 0.15) is 0 Å². The molecule has 0 N–H and O–H groups in total. The summed E-state index contributed by atoms with van der Waals surface area (Å²) in [5.74, 6) is -1.46. The first-order chi connectivity index (χ1) is 10.0. The normalized spacial score (nSPS) is 11.8. The van der Waals surface area contributed by atoms with Gasteiger partial charge >= 0.3 is 12.1 Å². The molecular formula is C12H8F3N5O. The van der Waals surface area contributed by atoms with Crippen LogP contribution in [0.1, 0.15) is 11.5 Å². The van der Waals surface area contributed by atoms with E-state index in [0.717, 1.165) is 5.56 Å². The zero-order valence-corrected chi connectivity index (χ0v) is 10.4. The van der Waals surface area contributed by atoms with Crippen LogP contribution in [0.4, 0.5) is 13.2 Å². The second kappa shape index (κ2) is 5.00. The first kappa shape index (κ1) is 13.3. The molecule has 2 heterocycles. The van der Waals surface area contributed by atoms with Crippen molar-refractivity contribution in [1.29, 1.82) is 0 Å². The van der Waals surface area contributed by atoms with E-state index in [1.807, 2.05) is 0 Å². The second-order valence-electron chi connectivity index (χ2n) is 4.22. The topological polar surface area (TPSA) is 69.6 Å². The lowest BCUT2D eigenvalue weighted by atomic mass is 10.1. The van der Waals surface area contributed by atoms with Crippen LogP contribution in [0, 0.1) is 0 Å². The first-order valence-electron chi connectivity index (χ1n) is 5.87. The van der Waals surface area contributed by atoms with Gasteiger partial charge in [0.2, 0.25) is 5.82 Å². The Kier molecular flexibility index (Phi) is 3.16. The fourth-order valence-electron chi connectivity index (χ4n) is 1.72. The predicted molar refractivity (Wildman–Crippen MR) is 63.9 cm³/mol. The van der Waals surface area contributed by atoms with E-state index >= 15 is 0 Å². The number of benzene rings is 1. The van der Waals surface area contributed by atoms with Crippen LogP contribution in [0.5, 0.6) is 0 Å². The van der Waals surface area contributed by atoms with E-state index in [0.29, 0.717) is 12.1 Å². The maximum atomic E-state index is 12.4. The fraction of sp³-hybridized carbons (Fsp3) is 0.167. The summed E-state index contributed by atoms with van der Waals surface area (Å²) in [7, 11) is 0. The van der Waals surface area contributed by atoms with E-state index in [4.69, 9.17) is 0 Å². The van der Waals surface area contributed by atoms with E-state index < -0.39 is 12.1 Å². The van der Waals surface area contributed by atoms with E-state index in [2.05, 4.69) is 25.0 Å². The van der Waals surface area contributed by atoms with Gasteiger partial charge in [-0.2, -0.15) is 18.2 Å². The van der Waals surface area contributed by atoms with Crippen LogP contribution >= 0.6 is 0 Å². The van der Waals surface area contributed by atoms with Crippen molar-refractivity contribution < 1.29 is 17.7 Å². The minimum absolute atomic E-state index is 0.102. The number of rotatable bonds is 3. The third kappa shape index (κ3) is 2.91. The van der Waals surface area contributed by atoms with Gasteiger partial charge in [-0.15, -0.1) is 5.10 Å². The van der Waals surface area contributed by atoms with Crippen molar-refractivity contribution >= 4 is 0 Å². The largest absolute Gasteiger partial charge is 0.471 e. The van der Waals surface area contributed by atoms with Crippen LogP contribution in [0.3, 0.4) is 0 Å². The molecule has 0 saturated carbocycles. The molecule has 6 nitrogen and oxygen atoms in total. The van der Waals surface area contributed by atoms with Crippen LogP contribution in [0.25, 0.3) is 11.4 Å². The van der Waals surface area contributed by atoms with Crippen molar-refractivity contribution in [2.45, 2.75) is 12.7 Å². The summed E-state index contributed by atoms with van der Waals surface area (Å²) >= 11 is 0. The fourth-order valence-corrected chi connectivity index (χ4v) is 1.72. The quantitative estimate of drug-likeness (QED) is 0.742. The molecule has 0 saturated heterocycles. The minimum atomic E-state index is -4.64. The Morgan fingerprint density at radius 3 is 2.48 bits per heavy atom. The van der Waals surface area contributed by atoms with Crippen molar-refractivity contribution in [2.24, 2.45) is 0 Å². The molecule has 9 heteroatoms. The van der Waals surface area contributed by atoms with Crippen LogP contribution in [-0.2, 0) is 12.7 Å². The lowest BCUT2D eigenvalue weighted by Crippen LogP contribution is -2.04. The van der Waals surface area contributed by atoms with Crippen molar-refractivity contribution in [2.75, 3.05) is 0 Å². The third-order valence-corrected chi connectivity index (χ3v) is 2.70.